The van der Waals surface area contributed by atoms with Crippen LogP contribution in [0.2, 0.25) is 0 Å². The molecule has 0 aromatic carbocycles. The average Bonchev–Trinajstić information content (AvgIpc) is 2.46. The van der Waals surface area contributed by atoms with Crippen molar-refractivity contribution in [3.63, 3.8) is 0 Å². The minimum atomic E-state index is 0.138. The molecule has 2 atom stereocenters. The molecule has 0 saturated heterocycles. The highest BCUT2D eigenvalue weighted by Crippen LogP contribution is 2.20. The molecule has 1 rings (SSSR count). The van der Waals surface area contributed by atoms with Crippen molar-refractivity contribution in [1.29, 1.82) is 0 Å². The van der Waals surface area contributed by atoms with E-state index in [4.69, 9.17) is 0 Å². The van der Waals surface area contributed by atoms with E-state index in [-0.39, 0.29) is 23.8 Å². The summed E-state index contributed by atoms with van der Waals surface area (Å²) in [7, 11) is 0. The molecule has 3 N–H and O–H groups in total. The van der Waals surface area contributed by atoms with Gasteiger partial charge >= 0.3 is 0 Å². The molecule has 0 aliphatic heterocycles. The average molecular weight is 312 g/mol. The first kappa shape index (κ1) is 18.0. The number of hydrogen-bond donors (Lipinski definition) is 3. The number of nitrogens with one attached hydrogen (secondary N) is 2. The van der Waals surface area contributed by atoms with Gasteiger partial charge in [0.05, 0.1) is 6.61 Å². The SMILES string of the molecule is CCCNc1cc(NC(C)C(CO)SC)nc(C(C)C)n1. The zero-order valence-corrected chi connectivity index (χ0v) is 14.5. The minimum Gasteiger partial charge on any atom is -0.395 e. The third-order valence-corrected chi connectivity index (χ3v) is 4.39. The molecule has 5 nitrogen and oxygen atoms in total. The van der Waals surface area contributed by atoms with E-state index in [0.29, 0.717) is 0 Å². The molecular formula is C15H28N4OS. The van der Waals surface area contributed by atoms with Crippen molar-refractivity contribution in [3.8, 4) is 0 Å². The number of aliphatic hydroxyl groups is 1. The summed E-state index contributed by atoms with van der Waals surface area (Å²) >= 11 is 1.65. The third kappa shape index (κ3) is 5.71. The molecule has 0 fully saturated rings. The second-order valence-electron chi connectivity index (χ2n) is 5.47. The highest BCUT2D eigenvalue weighted by molar-refractivity contribution is 7.99. The van der Waals surface area contributed by atoms with Gasteiger partial charge in [0.25, 0.3) is 0 Å². The van der Waals surface area contributed by atoms with Crippen LogP contribution >= 0.6 is 11.8 Å². The fraction of sp³-hybridized carbons (Fsp3) is 0.733. The van der Waals surface area contributed by atoms with E-state index in [1.165, 1.54) is 0 Å². The minimum absolute atomic E-state index is 0.138. The highest BCUT2D eigenvalue weighted by Gasteiger charge is 2.16. The molecule has 21 heavy (non-hydrogen) atoms. The Kier molecular flexibility index (Phi) is 7.82. The molecule has 0 spiro atoms. The first-order chi connectivity index (χ1) is 10.0. The summed E-state index contributed by atoms with van der Waals surface area (Å²) in [4.78, 5) is 9.12. The van der Waals surface area contributed by atoms with Gasteiger partial charge in [-0.15, -0.1) is 0 Å². The first-order valence-electron chi connectivity index (χ1n) is 7.54. The van der Waals surface area contributed by atoms with E-state index in [2.05, 4.69) is 48.3 Å². The lowest BCUT2D eigenvalue weighted by Gasteiger charge is -2.22. The molecule has 2 unspecified atom stereocenters. The third-order valence-electron chi connectivity index (χ3n) is 3.23. The van der Waals surface area contributed by atoms with Crippen LogP contribution in [0.15, 0.2) is 6.07 Å². The Morgan fingerprint density at radius 1 is 1.24 bits per heavy atom. The first-order valence-corrected chi connectivity index (χ1v) is 8.83. The van der Waals surface area contributed by atoms with Crippen LogP contribution in [0.25, 0.3) is 0 Å². The van der Waals surface area contributed by atoms with Crippen LogP contribution in [-0.4, -0.2) is 45.8 Å². The van der Waals surface area contributed by atoms with Gasteiger partial charge < -0.3 is 15.7 Å². The van der Waals surface area contributed by atoms with Crippen molar-refractivity contribution >= 4 is 23.4 Å². The van der Waals surface area contributed by atoms with Crippen LogP contribution in [0.1, 0.15) is 45.9 Å². The van der Waals surface area contributed by atoms with E-state index in [9.17, 15) is 5.11 Å². The van der Waals surface area contributed by atoms with Crippen molar-refractivity contribution < 1.29 is 5.11 Å². The normalized spacial score (nSPS) is 14.0. The van der Waals surface area contributed by atoms with Crippen molar-refractivity contribution in [1.82, 2.24) is 9.97 Å². The van der Waals surface area contributed by atoms with Gasteiger partial charge in [-0.1, -0.05) is 20.8 Å². The van der Waals surface area contributed by atoms with Gasteiger partial charge in [-0.05, 0) is 19.6 Å². The maximum Gasteiger partial charge on any atom is 0.135 e. The monoisotopic (exact) mass is 312 g/mol. The topological polar surface area (TPSA) is 70.1 Å². The molecule has 1 aromatic rings. The van der Waals surface area contributed by atoms with Gasteiger partial charge in [-0.3, -0.25) is 0 Å². The molecule has 120 valence electrons. The van der Waals surface area contributed by atoms with Crippen LogP contribution in [-0.2, 0) is 0 Å². The molecule has 0 aliphatic rings. The quantitative estimate of drug-likeness (QED) is 0.651. The fourth-order valence-corrected chi connectivity index (χ4v) is 2.53. The van der Waals surface area contributed by atoms with Gasteiger partial charge in [0.2, 0.25) is 0 Å². The van der Waals surface area contributed by atoms with Crippen LogP contribution in [0, 0.1) is 0 Å². The van der Waals surface area contributed by atoms with Crippen LogP contribution in [0.5, 0.6) is 0 Å². The van der Waals surface area contributed by atoms with Gasteiger partial charge in [0.15, 0.2) is 0 Å². The highest BCUT2D eigenvalue weighted by atomic mass is 32.2. The Morgan fingerprint density at radius 3 is 2.43 bits per heavy atom. The van der Waals surface area contributed by atoms with Crippen molar-refractivity contribution in [2.45, 2.75) is 51.3 Å². The molecule has 0 radical (unpaired) electrons. The summed E-state index contributed by atoms with van der Waals surface area (Å²) in [6, 6.07) is 2.08. The maximum atomic E-state index is 9.38. The zero-order chi connectivity index (χ0) is 15.8. The smallest absolute Gasteiger partial charge is 0.135 e. The summed E-state index contributed by atoms with van der Waals surface area (Å²) in [5, 5.41) is 16.2. The lowest BCUT2D eigenvalue weighted by atomic mass is 10.2. The summed E-state index contributed by atoms with van der Waals surface area (Å²) in [5.41, 5.74) is 0. The largest absolute Gasteiger partial charge is 0.395 e. The Hall–Kier alpha value is -1.01. The van der Waals surface area contributed by atoms with Crippen LogP contribution in [0.3, 0.4) is 0 Å². The van der Waals surface area contributed by atoms with Crippen molar-refractivity contribution in [2.75, 3.05) is 30.0 Å². The second-order valence-corrected chi connectivity index (χ2v) is 6.54. The number of hydrogen-bond acceptors (Lipinski definition) is 6. The van der Waals surface area contributed by atoms with Crippen LogP contribution in [0.4, 0.5) is 11.6 Å². The van der Waals surface area contributed by atoms with Gasteiger partial charge in [-0.25, -0.2) is 9.97 Å². The van der Waals surface area contributed by atoms with E-state index in [1.54, 1.807) is 11.8 Å². The van der Waals surface area contributed by atoms with E-state index in [0.717, 1.165) is 30.4 Å². The summed E-state index contributed by atoms with van der Waals surface area (Å²) < 4.78 is 0. The van der Waals surface area contributed by atoms with Gasteiger partial charge in [0, 0.05) is 29.8 Å². The number of aliphatic hydroxyl groups excluding tert-OH is 1. The predicted octanol–water partition coefficient (Wildman–Crippen LogP) is 2.95. The number of thioether (sulfide) groups is 1. The van der Waals surface area contributed by atoms with Crippen LogP contribution < -0.4 is 10.6 Å². The van der Waals surface area contributed by atoms with Crippen molar-refractivity contribution in [2.24, 2.45) is 0 Å². The Labute approximate surface area is 132 Å². The Bertz CT molecular complexity index is 424. The Balaban J connectivity index is 2.91. The summed E-state index contributed by atoms with van der Waals surface area (Å²) in [6.45, 7) is 9.41. The molecular weight excluding hydrogens is 284 g/mol. The van der Waals surface area contributed by atoms with Gasteiger partial charge in [0.1, 0.15) is 17.5 Å². The summed E-state index contributed by atoms with van der Waals surface area (Å²) in [5.74, 6) is 2.77. The fourth-order valence-electron chi connectivity index (χ4n) is 1.90. The lowest BCUT2D eigenvalue weighted by Crippen LogP contribution is -2.31. The van der Waals surface area contributed by atoms with E-state index < -0.39 is 0 Å². The molecule has 0 aliphatic carbocycles. The number of anilines is 2. The maximum absolute atomic E-state index is 9.38. The molecule has 1 aromatic heterocycles. The standard InChI is InChI=1S/C15H28N4OS/c1-6-7-16-13-8-14(19-15(18-13)10(2)3)17-11(4)12(9-20)21-5/h8,10-12,20H,6-7,9H2,1-5H3,(H2,16,17,18,19). The van der Waals surface area contributed by atoms with E-state index in [1.807, 2.05) is 12.3 Å². The second kappa shape index (κ2) is 9.10. The van der Waals surface area contributed by atoms with E-state index >= 15 is 0 Å². The number of rotatable bonds is 9. The Morgan fingerprint density at radius 2 is 1.90 bits per heavy atom. The van der Waals surface area contributed by atoms with Crippen molar-refractivity contribution in [3.05, 3.63) is 11.9 Å². The van der Waals surface area contributed by atoms with Gasteiger partial charge in [-0.2, -0.15) is 11.8 Å². The molecule has 0 saturated carbocycles. The zero-order valence-electron chi connectivity index (χ0n) is 13.7. The lowest BCUT2D eigenvalue weighted by molar-refractivity contribution is 0.288. The molecule has 1 heterocycles. The predicted molar refractivity (Wildman–Crippen MR) is 92.4 cm³/mol. The number of nitrogens with zero attached hydrogens (tertiary/aromatic N) is 2. The molecule has 0 bridgehead atoms. The summed E-state index contributed by atoms with van der Waals surface area (Å²) in [6.07, 6.45) is 3.06. The number of aromatic nitrogens is 2. The molecule has 6 heteroatoms. The molecule has 0 amide bonds.